The van der Waals surface area contributed by atoms with Gasteiger partial charge in [-0.25, -0.2) is 26.8 Å². The molecule has 0 aromatic heterocycles. The molecule has 2 aromatic rings. The van der Waals surface area contributed by atoms with Gasteiger partial charge in [0.25, 0.3) is 5.91 Å². The van der Waals surface area contributed by atoms with Gasteiger partial charge in [-0.15, -0.1) is 0 Å². The number of primary sulfonamides is 1. The van der Waals surface area contributed by atoms with Crippen molar-refractivity contribution in [1.29, 1.82) is 0 Å². The summed E-state index contributed by atoms with van der Waals surface area (Å²) in [4.78, 5) is 23.0. The van der Waals surface area contributed by atoms with E-state index in [1.54, 1.807) is 12.1 Å². The summed E-state index contributed by atoms with van der Waals surface area (Å²) >= 11 is 0. The first-order valence-electron chi connectivity index (χ1n) is 8.59. The van der Waals surface area contributed by atoms with E-state index in [1.807, 2.05) is 0 Å². The Balaban J connectivity index is 1.80. The molecular formula is C18H18F2N2O7S2. The largest absolute Gasteiger partial charge is 0.452 e. The molecule has 0 radical (unpaired) electrons. The number of hydrogen-bond donors (Lipinski definition) is 2. The highest BCUT2D eigenvalue weighted by Gasteiger charge is 2.26. The van der Waals surface area contributed by atoms with E-state index in [0.717, 1.165) is 29.8 Å². The van der Waals surface area contributed by atoms with Crippen LogP contribution in [0.1, 0.15) is 15.9 Å². The van der Waals surface area contributed by atoms with Gasteiger partial charge in [-0.05, 0) is 48.4 Å². The third-order valence-corrected chi connectivity index (χ3v) is 6.30. The highest BCUT2D eigenvalue weighted by Crippen LogP contribution is 2.18. The number of carbonyl (C=O) groups excluding carboxylic acids is 2. The molecule has 13 heteroatoms. The minimum absolute atomic E-state index is 0.0352. The Kier molecular flexibility index (Phi) is 7.81. The lowest BCUT2D eigenvalue weighted by atomic mass is 10.1. The first-order chi connectivity index (χ1) is 14.4. The Hall–Kier alpha value is -2.90. The van der Waals surface area contributed by atoms with Gasteiger partial charge in [-0.2, -0.15) is 8.78 Å². The summed E-state index contributed by atoms with van der Waals surface area (Å²) in [5.41, 5.74) is 0.625. The monoisotopic (exact) mass is 476 g/mol. The van der Waals surface area contributed by atoms with Crippen LogP contribution in [0.25, 0.3) is 0 Å². The number of nitrogens with one attached hydrogen (secondary N) is 1. The topological polar surface area (TPSA) is 150 Å². The summed E-state index contributed by atoms with van der Waals surface area (Å²) in [5, 5.41) is 7.50. The molecule has 0 saturated carbocycles. The standard InChI is InChI=1S/C18H18F2N2O7S2/c19-18(20)30(25,26)14-7-3-13(4-8-14)17(24)29-11-16(23)22-10-9-12-1-5-15(6-2-12)31(21,27)28/h1-8,18H,9-11H2,(H,22,23)(H2,21,27,28). The van der Waals surface area contributed by atoms with E-state index in [-0.39, 0.29) is 17.0 Å². The predicted octanol–water partition coefficient (Wildman–Crippen LogP) is 0.846. The lowest BCUT2D eigenvalue weighted by molar-refractivity contribution is -0.124. The number of alkyl halides is 2. The van der Waals surface area contributed by atoms with Crippen LogP contribution in [0.2, 0.25) is 0 Å². The van der Waals surface area contributed by atoms with Crippen molar-refractivity contribution < 1.29 is 39.9 Å². The number of ether oxygens (including phenoxy) is 1. The molecule has 0 aliphatic rings. The molecule has 0 heterocycles. The highest BCUT2D eigenvalue weighted by atomic mass is 32.2. The van der Waals surface area contributed by atoms with Crippen LogP contribution in [0.15, 0.2) is 58.3 Å². The summed E-state index contributed by atoms with van der Waals surface area (Å²) in [5.74, 6) is -5.12. The molecule has 2 rings (SSSR count). The van der Waals surface area contributed by atoms with Crippen molar-refractivity contribution >= 4 is 31.7 Å². The molecule has 31 heavy (non-hydrogen) atoms. The first kappa shape index (κ1) is 24.4. The zero-order valence-electron chi connectivity index (χ0n) is 15.8. The van der Waals surface area contributed by atoms with E-state index >= 15 is 0 Å². The molecule has 0 saturated heterocycles. The molecule has 9 nitrogen and oxygen atoms in total. The Morgan fingerprint density at radius 2 is 1.48 bits per heavy atom. The number of benzene rings is 2. The van der Waals surface area contributed by atoms with Crippen LogP contribution < -0.4 is 10.5 Å². The fourth-order valence-electron chi connectivity index (χ4n) is 2.34. The van der Waals surface area contributed by atoms with Gasteiger partial charge in [-0.1, -0.05) is 12.1 Å². The van der Waals surface area contributed by atoms with Crippen molar-refractivity contribution in [2.75, 3.05) is 13.2 Å². The normalized spacial score (nSPS) is 11.9. The van der Waals surface area contributed by atoms with E-state index in [2.05, 4.69) is 5.32 Å². The number of carbonyl (C=O) groups is 2. The average molecular weight is 476 g/mol. The molecule has 0 fully saturated rings. The number of esters is 1. The van der Waals surface area contributed by atoms with E-state index in [1.165, 1.54) is 12.1 Å². The van der Waals surface area contributed by atoms with Gasteiger partial charge in [0.1, 0.15) is 0 Å². The number of amides is 1. The Morgan fingerprint density at radius 3 is 2.00 bits per heavy atom. The van der Waals surface area contributed by atoms with Crippen LogP contribution in [0.4, 0.5) is 8.78 Å². The van der Waals surface area contributed by atoms with Crippen molar-refractivity contribution in [3.63, 3.8) is 0 Å². The van der Waals surface area contributed by atoms with Crippen LogP contribution in [0.3, 0.4) is 0 Å². The number of hydrogen-bond acceptors (Lipinski definition) is 7. The zero-order chi connectivity index (χ0) is 23.2. The molecule has 0 unspecified atom stereocenters. The molecule has 0 aliphatic heterocycles. The third-order valence-electron chi connectivity index (χ3n) is 3.98. The minimum Gasteiger partial charge on any atom is -0.452 e. The minimum atomic E-state index is -4.77. The maximum absolute atomic E-state index is 12.5. The molecule has 0 spiro atoms. The van der Waals surface area contributed by atoms with E-state index < -0.39 is 49.0 Å². The maximum Gasteiger partial charge on any atom is 0.341 e. The zero-order valence-corrected chi connectivity index (χ0v) is 17.5. The SMILES string of the molecule is NS(=O)(=O)c1ccc(CCNC(=O)COC(=O)c2ccc(S(=O)(=O)C(F)F)cc2)cc1. The third kappa shape index (κ3) is 6.80. The smallest absolute Gasteiger partial charge is 0.341 e. The average Bonchev–Trinajstić information content (AvgIpc) is 2.71. The Bertz CT molecular complexity index is 1150. The highest BCUT2D eigenvalue weighted by molar-refractivity contribution is 7.91. The predicted molar refractivity (Wildman–Crippen MR) is 104 cm³/mol. The molecule has 0 atom stereocenters. The quantitative estimate of drug-likeness (QED) is 0.509. The lowest BCUT2D eigenvalue weighted by Crippen LogP contribution is -2.30. The number of sulfone groups is 1. The second kappa shape index (κ2) is 9.94. The molecule has 168 valence electrons. The van der Waals surface area contributed by atoms with Gasteiger partial charge in [0.15, 0.2) is 6.61 Å². The maximum atomic E-state index is 12.5. The van der Waals surface area contributed by atoms with Crippen LogP contribution in [-0.2, 0) is 35.8 Å². The molecule has 3 N–H and O–H groups in total. The van der Waals surface area contributed by atoms with E-state index in [0.29, 0.717) is 6.42 Å². The van der Waals surface area contributed by atoms with Gasteiger partial charge in [-0.3, -0.25) is 4.79 Å². The molecule has 2 aromatic carbocycles. The number of halogens is 2. The summed E-state index contributed by atoms with van der Waals surface area (Å²) in [6.45, 7) is -0.425. The number of rotatable bonds is 9. The van der Waals surface area contributed by atoms with Crippen molar-refractivity contribution in [1.82, 2.24) is 5.32 Å². The fraction of sp³-hybridized carbons (Fsp3) is 0.222. The lowest BCUT2D eigenvalue weighted by Gasteiger charge is -2.08. The summed E-state index contributed by atoms with van der Waals surface area (Å²) in [7, 11) is -8.56. The van der Waals surface area contributed by atoms with Gasteiger partial charge >= 0.3 is 11.7 Å². The van der Waals surface area contributed by atoms with Crippen LogP contribution in [-0.4, -0.2) is 47.6 Å². The van der Waals surface area contributed by atoms with Crippen LogP contribution in [0.5, 0.6) is 0 Å². The Morgan fingerprint density at radius 1 is 0.935 bits per heavy atom. The second-order valence-electron chi connectivity index (χ2n) is 6.20. The fourth-order valence-corrected chi connectivity index (χ4v) is 3.58. The molecular weight excluding hydrogens is 458 g/mol. The van der Waals surface area contributed by atoms with Crippen molar-refractivity contribution in [3.05, 3.63) is 59.7 Å². The van der Waals surface area contributed by atoms with Gasteiger partial charge in [0.2, 0.25) is 19.9 Å². The van der Waals surface area contributed by atoms with E-state index in [4.69, 9.17) is 9.88 Å². The van der Waals surface area contributed by atoms with Gasteiger partial charge in [0, 0.05) is 6.54 Å². The summed E-state index contributed by atoms with van der Waals surface area (Å²) in [6, 6.07) is 9.46. The van der Waals surface area contributed by atoms with Crippen LogP contribution >= 0.6 is 0 Å². The summed E-state index contributed by atoms with van der Waals surface area (Å²) in [6.07, 6.45) is 0.380. The Labute approximate surface area is 177 Å². The molecule has 0 bridgehead atoms. The van der Waals surface area contributed by atoms with Crippen molar-refractivity contribution in [2.24, 2.45) is 5.14 Å². The number of sulfonamides is 1. The van der Waals surface area contributed by atoms with Crippen LogP contribution in [0, 0.1) is 0 Å². The molecule has 1 amide bonds. The second-order valence-corrected chi connectivity index (χ2v) is 9.67. The summed E-state index contributed by atoms with van der Waals surface area (Å²) < 4.78 is 74.8. The van der Waals surface area contributed by atoms with Gasteiger partial charge < -0.3 is 10.1 Å². The van der Waals surface area contributed by atoms with Crippen molar-refractivity contribution in [3.8, 4) is 0 Å². The van der Waals surface area contributed by atoms with Crippen molar-refractivity contribution in [2.45, 2.75) is 22.0 Å². The van der Waals surface area contributed by atoms with E-state index in [9.17, 15) is 35.2 Å². The first-order valence-corrected chi connectivity index (χ1v) is 11.7. The number of nitrogens with two attached hydrogens (primary N) is 1. The van der Waals surface area contributed by atoms with Gasteiger partial charge in [0.05, 0.1) is 15.4 Å². The molecule has 0 aliphatic carbocycles.